The molecule has 0 saturated heterocycles. The van der Waals surface area contributed by atoms with Crippen LogP contribution in [0.25, 0.3) is 0 Å². The third-order valence-electron chi connectivity index (χ3n) is 3.82. The predicted octanol–water partition coefficient (Wildman–Crippen LogP) is 3.52. The van der Waals surface area contributed by atoms with Gasteiger partial charge in [-0.15, -0.1) is 0 Å². The van der Waals surface area contributed by atoms with Crippen molar-refractivity contribution in [3.8, 4) is 6.07 Å². The van der Waals surface area contributed by atoms with Gasteiger partial charge in [-0.05, 0) is 30.2 Å². The van der Waals surface area contributed by atoms with Crippen LogP contribution < -0.4 is 5.32 Å². The molecule has 1 heterocycles. The fourth-order valence-electron chi connectivity index (χ4n) is 2.42. The van der Waals surface area contributed by atoms with E-state index in [0.717, 1.165) is 11.1 Å². The predicted molar refractivity (Wildman–Crippen MR) is 89.9 cm³/mol. The number of benzene rings is 2. The van der Waals surface area contributed by atoms with E-state index in [4.69, 9.17) is 9.78 Å². The van der Waals surface area contributed by atoms with Gasteiger partial charge in [0.25, 0.3) is 0 Å². The monoisotopic (exact) mass is 336 g/mol. The summed E-state index contributed by atoms with van der Waals surface area (Å²) in [4.78, 5) is 4.41. The molecule has 0 saturated carbocycles. The Hall–Kier alpha value is -3.04. The van der Waals surface area contributed by atoms with E-state index < -0.39 is 5.82 Å². The summed E-state index contributed by atoms with van der Waals surface area (Å²) in [6.07, 6.45) is 0.612. The molecule has 0 aliphatic carbocycles. The van der Waals surface area contributed by atoms with Crippen LogP contribution >= 0.6 is 0 Å². The van der Waals surface area contributed by atoms with Crippen molar-refractivity contribution in [1.82, 2.24) is 15.5 Å². The van der Waals surface area contributed by atoms with E-state index in [0.29, 0.717) is 24.7 Å². The molecule has 1 N–H and O–H groups in total. The molecule has 0 fully saturated rings. The standard InChI is InChI=1S/C19H17FN4O/c1-13(22-12-15-7-8-17(20)16(9-15)11-21)19-23-18(24-25-19)10-14-5-3-2-4-6-14/h2-9,13,22H,10,12H2,1H3/t13-/m1/s1. The zero-order chi connectivity index (χ0) is 17.6. The molecule has 3 aromatic rings. The van der Waals surface area contributed by atoms with Gasteiger partial charge < -0.3 is 9.84 Å². The summed E-state index contributed by atoms with van der Waals surface area (Å²) in [5.74, 6) is 0.610. The number of halogens is 1. The Balaban J connectivity index is 1.60. The molecule has 126 valence electrons. The van der Waals surface area contributed by atoms with Crippen LogP contribution in [0.5, 0.6) is 0 Å². The topological polar surface area (TPSA) is 74.7 Å². The first-order chi connectivity index (χ1) is 12.2. The SMILES string of the molecule is C[C@@H](NCc1ccc(F)c(C#N)c1)c1nc(Cc2ccccc2)no1. The first kappa shape index (κ1) is 16.8. The molecule has 0 amide bonds. The van der Waals surface area contributed by atoms with Crippen molar-refractivity contribution in [2.45, 2.75) is 25.9 Å². The first-order valence-electron chi connectivity index (χ1n) is 7.94. The second-order valence-corrected chi connectivity index (χ2v) is 5.74. The molecular formula is C19H17FN4O. The van der Waals surface area contributed by atoms with Crippen molar-refractivity contribution in [3.63, 3.8) is 0 Å². The average molecular weight is 336 g/mol. The number of nitrogens with zero attached hydrogens (tertiary/aromatic N) is 3. The highest BCUT2D eigenvalue weighted by molar-refractivity contribution is 5.34. The summed E-state index contributed by atoms with van der Waals surface area (Å²) >= 11 is 0. The van der Waals surface area contributed by atoms with Crippen LogP contribution in [0.1, 0.15) is 41.4 Å². The van der Waals surface area contributed by atoms with Crippen LogP contribution in [0, 0.1) is 17.1 Å². The lowest BCUT2D eigenvalue weighted by Gasteiger charge is -2.09. The van der Waals surface area contributed by atoms with Gasteiger partial charge in [-0.25, -0.2) is 4.39 Å². The minimum Gasteiger partial charge on any atom is -0.338 e. The molecule has 1 aromatic heterocycles. The summed E-state index contributed by atoms with van der Waals surface area (Å²) in [6.45, 7) is 2.38. The van der Waals surface area contributed by atoms with Crippen LogP contribution in [0.3, 0.4) is 0 Å². The van der Waals surface area contributed by atoms with Gasteiger partial charge in [0.2, 0.25) is 5.89 Å². The molecule has 0 aliphatic heterocycles. The molecule has 0 spiro atoms. The number of nitriles is 1. The van der Waals surface area contributed by atoms with Gasteiger partial charge in [0, 0.05) is 13.0 Å². The Morgan fingerprint density at radius 3 is 2.76 bits per heavy atom. The van der Waals surface area contributed by atoms with Gasteiger partial charge in [-0.3, -0.25) is 0 Å². The van der Waals surface area contributed by atoms with Gasteiger partial charge in [-0.2, -0.15) is 10.2 Å². The Kier molecular flexibility index (Phi) is 5.17. The number of rotatable bonds is 6. The van der Waals surface area contributed by atoms with Gasteiger partial charge in [0.05, 0.1) is 11.6 Å². The Morgan fingerprint density at radius 1 is 1.20 bits per heavy atom. The van der Waals surface area contributed by atoms with Crippen molar-refractivity contribution in [2.24, 2.45) is 0 Å². The lowest BCUT2D eigenvalue weighted by atomic mass is 10.1. The highest BCUT2D eigenvalue weighted by Gasteiger charge is 2.14. The first-order valence-corrected chi connectivity index (χ1v) is 7.94. The van der Waals surface area contributed by atoms with E-state index in [1.165, 1.54) is 12.1 Å². The van der Waals surface area contributed by atoms with E-state index >= 15 is 0 Å². The molecule has 0 bridgehead atoms. The highest BCUT2D eigenvalue weighted by atomic mass is 19.1. The Labute approximate surface area is 145 Å². The maximum absolute atomic E-state index is 13.3. The van der Waals surface area contributed by atoms with Crippen LogP contribution in [-0.2, 0) is 13.0 Å². The summed E-state index contributed by atoms with van der Waals surface area (Å²) in [5.41, 5.74) is 1.97. The Morgan fingerprint density at radius 2 is 2.00 bits per heavy atom. The van der Waals surface area contributed by atoms with Crippen LogP contribution in [0.15, 0.2) is 53.1 Å². The summed E-state index contributed by atoms with van der Waals surface area (Å²) < 4.78 is 18.7. The molecule has 0 aliphatic rings. The fraction of sp³-hybridized carbons (Fsp3) is 0.211. The smallest absolute Gasteiger partial charge is 0.243 e. The highest BCUT2D eigenvalue weighted by Crippen LogP contribution is 2.14. The molecule has 2 aromatic carbocycles. The van der Waals surface area contributed by atoms with Gasteiger partial charge in [0.15, 0.2) is 5.82 Å². The molecular weight excluding hydrogens is 319 g/mol. The van der Waals surface area contributed by atoms with Gasteiger partial charge in [-0.1, -0.05) is 41.6 Å². The van der Waals surface area contributed by atoms with Crippen molar-refractivity contribution in [1.29, 1.82) is 5.26 Å². The lowest BCUT2D eigenvalue weighted by molar-refractivity contribution is 0.336. The minimum atomic E-state index is -0.512. The maximum atomic E-state index is 13.3. The van der Waals surface area contributed by atoms with E-state index in [2.05, 4.69) is 15.5 Å². The van der Waals surface area contributed by atoms with E-state index in [1.807, 2.05) is 43.3 Å². The van der Waals surface area contributed by atoms with E-state index in [1.54, 1.807) is 6.07 Å². The van der Waals surface area contributed by atoms with Crippen LogP contribution in [0.2, 0.25) is 0 Å². The third-order valence-corrected chi connectivity index (χ3v) is 3.82. The molecule has 6 heteroatoms. The molecule has 0 unspecified atom stereocenters. The third kappa shape index (κ3) is 4.28. The second-order valence-electron chi connectivity index (χ2n) is 5.74. The fourth-order valence-corrected chi connectivity index (χ4v) is 2.42. The summed E-state index contributed by atoms with van der Waals surface area (Å²) in [6, 6.07) is 16.1. The number of aromatic nitrogens is 2. The largest absolute Gasteiger partial charge is 0.338 e. The van der Waals surface area contributed by atoms with Gasteiger partial charge in [0.1, 0.15) is 11.9 Å². The zero-order valence-corrected chi connectivity index (χ0v) is 13.7. The number of nitrogens with one attached hydrogen (secondary N) is 1. The second kappa shape index (κ2) is 7.69. The summed E-state index contributed by atoms with van der Waals surface area (Å²) in [7, 11) is 0. The van der Waals surface area contributed by atoms with E-state index in [9.17, 15) is 4.39 Å². The molecule has 0 radical (unpaired) electrons. The zero-order valence-electron chi connectivity index (χ0n) is 13.7. The van der Waals surface area contributed by atoms with E-state index in [-0.39, 0.29) is 11.6 Å². The Bertz CT molecular complexity index is 886. The van der Waals surface area contributed by atoms with Crippen LogP contribution in [0.4, 0.5) is 4.39 Å². The van der Waals surface area contributed by atoms with Gasteiger partial charge >= 0.3 is 0 Å². The molecule has 5 nitrogen and oxygen atoms in total. The normalized spacial score (nSPS) is 11.9. The molecule has 25 heavy (non-hydrogen) atoms. The van der Waals surface area contributed by atoms with Crippen LogP contribution in [-0.4, -0.2) is 10.1 Å². The molecule has 3 rings (SSSR count). The maximum Gasteiger partial charge on any atom is 0.243 e. The van der Waals surface area contributed by atoms with Crippen molar-refractivity contribution in [3.05, 3.63) is 82.8 Å². The molecule has 1 atom stereocenters. The number of hydrogen-bond donors (Lipinski definition) is 1. The number of hydrogen-bond acceptors (Lipinski definition) is 5. The lowest BCUT2D eigenvalue weighted by Crippen LogP contribution is -2.18. The average Bonchev–Trinajstić information content (AvgIpc) is 3.10. The van der Waals surface area contributed by atoms with Crippen molar-refractivity contribution < 1.29 is 8.91 Å². The van der Waals surface area contributed by atoms with Crippen molar-refractivity contribution in [2.75, 3.05) is 0 Å². The minimum absolute atomic E-state index is 0.0369. The quantitative estimate of drug-likeness (QED) is 0.745. The summed E-state index contributed by atoms with van der Waals surface area (Å²) in [5, 5.41) is 16.1. The van der Waals surface area contributed by atoms with Crippen molar-refractivity contribution >= 4 is 0 Å².